The predicted molar refractivity (Wildman–Crippen MR) is 117 cm³/mol. The number of Topliss-reactive ketones (excluding diaryl/α,β-unsaturated/α-hetero) is 1. The lowest BCUT2D eigenvalue weighted by atomic mass is 9.67. The summed E-state index contributed by atoms with van der Waals surface area (Å²) < 4.78 is 27.9. The molecule has 0 spiro atoms. The molecule has 2 atom stereocenters. The Kier molecular flexibility index (Phi) is 5.03. The molecule has 0 aliphatic heterocycles. The van der Waals surface area contributed by atoms with Gasteiger partial charge in [0.1, 0.15) is 5.78 Å². The van der Waals surface area contributed by atoms with Crippen LogP contribution in [-0.2, 0) is 40.5 Å². The lowest BCUT2D eigenvalue weighted by Gasteiger charge is -2.39. The standard InChI is InChI=1S/C23H32N2O4S/c1-14-11-19(26)23(4,22(14,2)3)13-30(28,29)25-21(27)24-20-17-9-5-7-15(17)12-16-8-6-10-18(16)20/h12,14H,5-11,13H2,1-4H3,(H2,24,25,27)/t14?,23-/m1/s1. The van der Waals surface area contributed by atoms with Crippen molar-refractivity contribution in [3.05, 3.63) is 28.3 Å². The number of hydrogen-bond donors (Lipinski definition) is 2. The number of ketones is 1. The number of sulfonamides is 1. The van der Waals surface area contributed by atoms with Crippen LogP contribution < -0.4 is 10.0 Å². The van der Waals surface area contributed by atoms with E-state index in [1.807, 2.05) is 20.8 Å². The maximum atomic E-state index is 12.9. The van der Waals surface area contributed by atoms with E-state index in [2.05, 4.69) is 16.1 Å². The van der Waals surface area contributed by atoms with Gasteiger partial charge in [0.25, 0.3) is 0 Å². The Bertz CT molecular complexity index is 996. The summed E-state index contributed by atoms with van der Waals surface area (Å²) in [4.78, 5) is 25.4. The highest BCUT2D eigenvalue weighted by molar-refractivity contribution is 7.90. The van der Waals surface area contributed by atoms with Gasteiger partial charge in [-0.05, 0) is 72.1 Å². The molecule has 1 fully saturated rings. The fourth-order valence-electron chi connectivity index (χ4n) is 5.59. The van der Waals surface area contributed by atoms with Crippen molar-refractivity contribution in [3.8, 4) is 0 Å². The van der Waals surface area contributed by atoms with Crippen LogP contribution in [0.3, 0.4) is 0 Å². The number of aryl methyl sites for hydroxylation is 2. The minimum absolute atomic E-state index is 0.0514. The largest absolute Gasteiger partial charge is 0.332 e. The third-order valence-electron chi connectivity index (χ3n) is 8.20. The van der Waals surface area contributed by atoms with Gasteiger partial charge in [0, 0.05) is 17.5 Å². The van der Waals surface area contributed by atoms with E-state index in [4.69, 9.17) is 0 Å². The fourth-order valence-corrected chi connectivity index (χ4v) is 7.29. The van der Waals surface area contributed by atoms with Gasteiger partial charge in [0.2, 0.25) is 10.0 Å². The van der Waals surface area contributed by atoms with Crippen molar-refractivity contribution in [2.45, 2.75) is 72.6 Å². The van der Waals surface area contributed by atoms with Crippen molar-refractivity contribution < 1.29 is 18.0 Å². The molecule has 0 heterocycles. The van der Waals surface area contributed by atoms with Crippen LogP contribution in [0.2, 0.25) is 0 Å². The first-order valence-corrected chi connectivity index (χ1v) is 12.6. The molecule has 0 radical (unpaired) electrons. The highest BCUT2D eigenvalue weighted by Gasteiger charge is 2.57. The minimum Gasteiger partial charge on any atom is -0.307 e. The van der Waals surface area contributed by atoms with Gasteiger partial charge >= 0.3 is 6.03 Å². The van der Waals surface area contributed by atoms with Crippen molar-refractivity contribution in [2.24, 2.45) is 16.7 Å². The number of carbonyl (C=O) groups is 2. The van der Waals surface area contributed by atoms with Gasteiger partial charge in [-0.2, -0.15) is 0 Å². The summed E-state index contributed by atoms with van der Waals surface area (Å²) in [5, 5.41) is 2.86. The van der Waals surface area contributed by atoms with E-state index in [1.165, 1.54) is 11.1 Å². The first-order valence-electron chi connectivity index (χ1n) is 11.0. The lowest BCUT2D eigenvalue weighted by molar-refractivity contribution is -0.126. The Hall–Kier alpha value is -1.89. The molecule has 6 nitrogen and oxygen atoms in total. The number of carbonyl (C=O) groups excluding carboxylic acids is 2. The molecule has 4 rings (SSSR count). The van der Waals surface area contributed by atoms with Crippen LogP contribution in [0.15, 0.2) is 6.07 Å². The average Bonchev–Trinajstić information content (AvgIpc) is 3.31. The number of urea groups is 1. The summed E-state index contributed by atoms with van der Waals surface area (Å²) in [6, 6.07) is 1.53. The lowest BCUT2D eigenvalue weighted by Crippen LogP contribution is -2.47. The summed E-state index contributed by atoms with van der Waals surface area (Å²) in [7, 11) is -3.98. The molecule has 3 aliphatic rings. The molecular formula is C23H32N2O4S. The van der Waals surface area contributed by atoms with Gasteiger partial charge in [-0.15, -0.1) is 0 Å². The molecule has 0 aromatic heterocycles. The molecule has 7 heteroatoms. The van der Waals surface area contributed by atoms with Crippen molar-refractivity contribution in [3.63, 3.8) is 0 Å². The molecule has 2 amide bonds. The van der Waals surface area contributed by atoms with E-state index in [0.29, 0.717) is 6.42 Å². The Morgan fingerprint density at radius 3 is 2.13 bits per heavy atom. The molecule has 0 saturated heterocycles. The summed E-state index contributed by atoms with van der Waals surface area (Å²) >= 11 is 0. The zero-order chi connectivity index (χ0) is 21.9. The van der Waals surface area contributed by atoms with Crippen LogP contribution in [-0.4, -0.2) is 26.0 Å². The number of amides is 2. The number of benzene rings is 1. The topological polar surface area (TPSA) is 92.3 Å². The first kappa shape index (κ1) is 21.3. The van der Waals surface area contributed by atoms with Crippen molar-refractivity contribution in [1.82, 2.24) is 4.72 Å². The second-order valence-corrected chi connectivity index (χ2v) is 11.9. The molecular weight excluding hydrogens is 400 g/mol. The smallest absolute Gasteiger partial charge is 0.307 e. The van der Waals surface area contributed by atoms with Crippen molar-refractivity contribution in [1.29, 1.82) is 0 Å². The summed E-state index contributed by atoms with van der Waals surface area (Å²) in [6.45, 7) is 7.57. The molecule has 1 aromatic rings. The SMILES string of the molecule is CC1CC(=O)[C@@](C)(CS(=O)(=O)NC(=O)Nc2c3c(cc4c2CCC4)CCC3)C1(C)C. The molecule has 0 bridgehead atoms. The second-order valence-electron chi connectivity index (χ2n) is 10.1. The van der Waals surface area contributed by atoms with E-state index in [9.17, 15) is 18.0 Å². The quantitative estimate of drug-likeness (QED) is 0.758. The van der Waals surface area contributed by atoms with Crippen molar-refractivity contribution in [2.75, 3.05) is 11.1 Å². The highest BCUT2D eigenvalue weighted by Crippen LogP contribution is 2.54. The molecule has 3 aliphatic carbocycles. The molecule has 1 aromatic carbocycles. The summed E-state index contributed by atoms with van der Waals surface area (Å²) in [6.07, 6.45) is 6.30. The van der Waals surface area contributed by atoms with Gasteiger partial charge in [0.15, 0.2) is 0 Å². The molecule has 2 N–H and O–H groups in total. The van der Waals surface area contributed by atoms with Gasteiger partial charge in [0.05, 0.1) is 5.75 Å². The summed E-state index contributed by atoms with van der Waals surface area (Å²) in [5.41, 5.74) is 4.17. The van der Waals surface area contributed by atoms with Crippen LogP contribution in [0.5, 0.6) is 0 Å². The Morgan fingerprint density at radius 1 is 1.07 bits per heavy atom. The Labute approximate surface area is 179 Å². The molecule has 1 unspecified atom stereocenters. The monoisotopic (exact) mass is 432 g/mol. The number of fused-ring (bicyclic) bond motifs is 2. The highest BCUT2D eigenvalue weighted by atomic mass is 32.2. The molecule has 1 saturated carbocycles. The van der Waals surface area contributed by atoms with Crippen LogP contribution in [0, 0.1) is 16.7 Å². The maximum Gasteiger partial charge on any atom is 0.332 e. The third-order valence-corrected chi connectivity index (χ3v) is 9.65. The van der Waals surface area contributed by atoms with Crippen LogP contribution in [0.25, 0.3) is 0 Å². The number of hydrogen-bond acceptors (Lipinski definition) is 4. The average molecular weight is 433 g/mol. The summed E-state index contributed by atoms with van der Waals surface area (Å²) in [5.74, 6) is -0.341. The van der Waals surface area contributed by atoms with Crippen LogP contribution >= 0.6 is 0 Å². The Morgan fingerprint density at radius 2 is 1.63 bits per heavy atom. The number of nitrogens with one attached hydrogen (secondary N) is 2. The van der Waals surface area contributed by atoms with E-state index in [1.54, 1.807) is 6.92 Å². The van der Waals surface area contributed by atoms with Crippen LogP contribution in [0.4, 0.5) is 10.5 Å². The first-order chi connectivity index (χ1) is 13.9. The third kappa shape index (κ3) is 3.35. The maximum absolute atomic E-state index is 12.9. The van der Waals surface area contributed by atoms with E-state index in [0.717, 1.165) is 55.3 Å². The van der Waals surface area contributed by atoms with Gasteiger partial charge in [-0.3, -0.25) is 4.79 Å². The number of rotatable bonds is 4. The normalized spacial score (nSPS) is 27.1. The van der Waals surface area contributed by atoms with Crippen molar-refractivity contribution >= 4 is 27.5 Å². The molecule has 30 heavy (non-hydrogen) atoms. The van der Waals surface area contributed by atoms with E-state index in [-0.39, 0.29) is 17.5 Å². The number of anilines is 1. The van der Waals surface area contributed by atoms with E-state index >= 15 is 0 Å². The fraction of sp³-hybridized carbons (Fsp3) is 0.652. The second kappa shape index (κ2) is 7.08. The predicted octanol–water partition coefficient (Wildman–Crippen LogP) is 3.76. The molecule has 164 valence electrons. The Balaban J connectivity index is 1.54. The van der Waals surface area contributed by atoms with E-state index < -0.39 is 26.9 Å². The zero-order valence-corrected chi connectivity index (χ0v) is 19.2. The minimum atomic E-state index is -3.98. The van der Waals surface area contributed by atoms with Gasteiger partial charge in [-0.1, -0.05) is 33.8 Å². The van der Waals surface area contributed by atoms with Gasteiger partial charge in [-0.25, -0.2) is 17.9 Å². The zero-order valence-electron chi connectivity index (χ0n) is 18.4. The van der Waals surface area contributed by atoms with Crippen LogP contribution in [0.1, 0.15) is 69.2 Å². The van der Waals surface area contributed by atoms with Gasteiger partial charge < -0.3 is 5.32 Å².